The summed E-state index contributed by atoms with van der Waals surface area (Å²) in [6, 6.07) is 22.6. The Morgan fingerprint density at radius 3 is 2.78 bits per heavy atom. The van der Waals surface area contributed by atoms with E-state index in [1.807, 2.05) is 48.5 Å². The van der Waals surface area contributed by atoms with Gasteiger partial charge in [-0.2, -0.15) is 0 Å². The molecular weight excluding hydrogens is 401 g/mol. The van der Waals surface area contributed by atoms with Gasteiger partial charge in [-0.05, 0) is 60.2 Å². The van der Waals surface area contributed by atoms with Gasteiger partial charge in [0.25, 0.3) is 0 Å². The van der Waals surface area contributed by atoms with Crippen LogP contribution in [0.4, 0.5) is 14.9 Å². The maximum absolute atomic E-state index is 13.8. The second-order valence-electron chi connectivity index (χ2n) is 8.29. The maximum atomic E-state index is 13.8. The van der Waals surface area contributed by atoms with E-state index < -0.39 is 0 Å². The van der Waals surface area contributed by atoms with E-state index in [1.165, 1.54) is 11.6 Å². The van der Waals surface area contributed by atoms with Crippen LogP contribution in [0.2, 0.25) is 0 Å². The maximum Gasteiger partial charge on any atom is 0.319 e. The van der Waals surface area contributed by atoms with Gasteiger partial charge in [0.15, 0.2) is 0 Å². The Kier molecular flexibility index (Phi) is 5.55. The third-order valence-electron chi connectivity index (χ3n) is 6.26. The summed E-state index contributed by atoms with van der Waals surface area (Å²) in [5, 5.41) is 8.13. The fraction of sp³-hybridized carbons (Fsp3) is 0.185. The number of hydrogen-bond donors (Lipinski definition) is 2. The van der Waals surface area contributed by atoms with Gasteiger partial charge in [0.05, 0.1) is 5.69 Å². The van der Waals surface area contributed by atoms with Crippen molar-refractivity contribution in [1.29, 1.82) is 0 Å². The molecule has 160 valence electrons. The number of carbonyl (C=O) groups is 1. The number of hydrogen-bond acceptors (Lipinski definition) is 2. The van der Waals surface area contributed by atoms with Crippen molar-refractivity contribution < 1.29 is 9.18 Å². The molecule has 2 amide bonds. The lowest BCUT2D eigenvalue weighted by Crippen LogP contribution is -2.44. The average Bonchev–Trinajstić information content (AvgIpc) is 2.81. The number of nitrogens with one attached hydrogen (secondary N) is 2. The van der Waals surface area contributed by atoms with Gasteiger partial charge in [-0.15, -0.1) is 0 Å². The van der Waals surface area contributed by atoms with Gasteiger partial charge in [0, 0.05) is 35.1 Å². The van der Waals surface area contributed by atoms with Crippen LogP contribution in [0.5, 0.6) is 0 Å². The summed E-state index contributed by atoms with van der Waals surface area (Å²) in [6.45, 7) is 0. The van der Waals surface area contributed by atoms with E-state index in [1.54, 1.807) is 18.5 Å². The van der Waals surface area contributed by atoms with Crippen molar-refractivity contribution in [3.63, 3.8) is 0 Å². The van der Waals surface area contributed by atoms with Crippen molar-refractivity contribution in [1.82, 2.24) is 10.3 Å². The first kappa shape index (κ1) is 20.2. The topological polar surface area (TPSA) is 54.0 Å². The Morgan fingerprint density at radius 1 is 1.03 bits per heavy atom. The molecule has 4 aromatic rings. The number of carbonyl (C=O) groups excluding carboxylic acids is 1. The molecule has 2 atom stereocenters. The van der Waals surface area contributed by atoms with Crippen LogP contribution < -0.4 is 10.6 Å². The molecule has 3 aromatic carbocycles. The van der Waals surface area contributed by atoms with E-state index in [4.69, 9.17) is 0 Å². The quantitative estimate of drug-likeness (QED) is 0.432. The number of benzene rings is 3. The lowest BCUT2D eigenvalue weighted by molar-refractivity contribution is 0.244. The number of urea groups is 1. The van der Waals surface area contributed by atoms with Crippen LogP contribution in [0, 0.1) is 5.82 Å². The summed E-state index contributed by atoms with van der Waals surface area (Å²) in [6.07, 6.45) is 5.79. The van der Waals surface area contributed by atoms with Crippen LogP contribution >= 0.6 is 0 Å². The van der Waals surface area contributed by atoms with Gasteiger partial charge in [0.1, 0.15) is 5.82 Å². The summed E-state index contributed by atoms with van der Waals surface area (Å²) in [5.41, 5.74) is 4.10. The summed E-state index contributed by atoms with van der Waals surface area (Å²) >= 11 is 0. The lowest BCUT2D eigenvalue weighted by Gasteiger charge is -2.34. The number of fused-ring (bicyclic) bond motifs is 2. The fourth-order valence-electron chi connectivity index (χ4n) is 4.73. The number of anilines is 1. The zero-order valence-corrected chi connectivity index (χ0v) is 17.6. The zero-order chi connectivity index (χ0) is 21.9. The van der Waals surface area contributed by atoms with Crippen LogP contribution in [0.15, 0.2) is 85.2 Å². The molecule has 0 bridgehead atoms. The molecule has 4 nitrogen and oxygen atoms in total. The molecule has 1 aromatic heterocycles. The largest absolute Gasteiger partial charge is 0.334 e. The lowest BCUT2D eigenvalue weighted by atomic mass is 9.76. The third kappa shape index (κ3) is 4.19. The molecule has 5 rings (SSSR count). The highest BCUT2D eigenvalue weighted by Gasteiger charge is 2.31. The Labute approximate surface area is 186 Å². The minimum Gasteiger partial charge on any atom is -0.334 e. The van der Waals surface area contributed by atoms with Crippen LogP contribution in [-0.2, 0) is 12.8 Å². The molecule has 0 saturated carbocycles. The van der Waals surface area contributed by atoms with Gasteiger partial charge >= 0.3 is 6.03 Å². The number of pyridine rings is 1. The van der Waals surface area contributed by atoms with Crippen LogP contribution in [-0.4, -0.2) is 17.1 Å². The first-order valence-corrected chi connectivity index (χ1v) is 10.9. The minimum absolute atomic E-state index is 0.0511. The van der Waals surface area contributed by atoms with Crippen molar-refractivity contribution in [2.45, 2.75) is 31.2 Å². The number of rotatable bonds is 4. The van der Waals surface area contributed by atoms with Crippen LogP contribution in [0.3, 0.4) is 0 Å². The smallest absolute Gasteiger partial charge is 0.319 e. The molecule has 32 heavy (non-hydrogen) atoms. The number of aryl methyl sites for hydroxylation is 1. The molecule has 1 aliphatic rings. The van der Waals surface area contributed by atoms with E-state index in [0.717, 1.165) is 46.8 Å². The van der Waals surface area contributed by atoms with Gasteiger partial charge in [-0.1, -0.05) is 48.5 Å². The van der Waals surface area contributed by atoms with E-state index in [9.17, 15) is 9.18 Å². The molecule has 0 radical (unpaired) electrons. The van der Waals surface area contributed by atoms with Crippen molar-refractivity contribution in [3.05, 3.63) is 108 Å². The van der Waals surface area contributed by atoms with Crippen LogP contribution in [0.1, 0.15) is 29.0 Å². The van der Waals surface area contributed by atoms with Crippen molar-refractivity contribution in [2.75, 3.05) is 5.32 Å². The highest BCUT2D eigenvalue weighted by molar-refractivity contribution is 6.01. The van der Waals surface area contributed by atoms with Gasteiger partial charge in [-0.3, -0.25) is 4.98 Å². The average molecular weight is 426 g/mol. The van der Waals surface area contributed by atoms with E-state index >= 15 is 0 Å². The van der Waals surface area contributed by atoms with E-state index in [-0.39, 0.29) is 23.8 Å². The predicted molar refractivity (Wildman–Crippen MR) is 125 cm³/mol. The summed E-state index contributed by atoms with van der Waals surface area (Å²) < 4.78 is 13.8. The molecule has 2 N–H and O–H groups in total. The summed E-state index contributed by atoms with van der Waals surface area (Å²) in [4.78, 5) is 17.1. The predicted octanol–water partition coefficient (Wildman–Crippen LogP) is 5.84. The molecule has 2 unspecified atom stereocenters. The molecule has 1 aliphatic carbocycles. The molecule has 0 spiro atoms. The van der Waals surface area contributed by atoms with E-state index in [0.29, 0.717) is 0 Å². The molecule has 5 heteroatoms. The second-order valence-corrected chi connectivity index (χ2v) is 8.29. The van der Waals surface area contributed by atoms with Crippen molar-refractivity contribution in [2.24, 2.45) is 0 Å². The summed E-state index contributed by atoms with van der Waals surface area (Å²) in [7, 11) is 0. The molecule has 0 aliphatic heterocycles. The Morgan fingerprint density at radius 2 is 1.91 bits per heavy atom. The van der Waals surface area contributed by atoms with Crippen molar-refractivity contribution >= 4 is 22.5 Å². The normalized spacial score (nSPS) is 17.5. The Hall–Kier alpha value is -3.73. The number of aromatic nitrogens is 1. The standard InChI is InChI=1S/C27H24FN3O/c28-21-10-11-22-19(16-21)9-12-26(24(22)15-18-5-2-1-3-6-18)31-27(32)30-25-8-4-7-20-17-29-14-13-23(20)25/h1-8,10-11,13-14,16-17,24,26H,9,12,15H2,(H2,30,31,32). The number of amides is 2. The first-order chi connectivity index (χ1) is 15.7. The molecular formula is C27H24FN3O. The zero-order valence-electron chi connectivity index (χ0n) is 17.6. The number of halogens is 1. The monoisotopic (exact) mass is 425 g/mol. The first-order valence-electron chi connectivity index (χ1n) is 10.9. The minimum atomic E-state index is -0.233. The fourth-order valence-corrected chi connectivity index (χ4v) is 4.73. The second kappa shape index (κ2) is 8.79. The molecule has 1 heterocycles. The Balaban J connectivity index is 1.39. The summed E-state index contributed by atoms with van der Waals surface area (Å²) in [5.74, 6) is -0.138. The van der Waals surface area contributed by atoms with E-state index in [2.05, 4.69) is 27.8 Å². The van der Waals surface area contributed by atoms with Crippen LogP contribution in [0.25, 0.3) is 10.8 Å². The molecule has 0 saturated heterocycles. The third-order valence-corrected chi connectivity index (χ3v) is 6.26. The van der Waals surface area contributed by atoms with Gasteiger partial charge in [0.2, 0.25) is 0 Å². The van der Waals surface area contributed by atoms with Gasteiger partial charge in [-0.25, -0.2) is 9.18 Å². The van der Waals surface area contributed by atoms with Crippen molar-refractivity contribution in [3.8, 4) is 0 Å². The Bertz CT molecular complexity index is 1250. The molecule has 0 fully saturated rings. The SMILES string of the molecule is O=C(Nc1cccc2cnccc12)NC1CCc2cc(F)ccc2C1Cc1ccccc1. The highest BCUT2D eigenvalue weighted by Crippen LogP contribution is 2.35. The van der Waals surface area contributed by atoms with Gasteiger partial charge < -0.3 is 10.6 Å². The number of nitrogens with zero attached hydrogens (tertiary/aromatic N) is 1. The highest BCUT2D eigenvalue weighted by atomic mass is 19.1.